The van der Waals surface area contributed by atoms with Gasteiger partial charge in [-0.05, 0) is 24.3 Å². The van der Waals surface area contributed by atoms with Gasteiger partial charge >= 0.3 is 0 Å². The number of hydrogen-bond donors (Lipinski definition) is 0. The van der Waals surface area contributed by atoms with Gasteiger partial charge in [-0.15, -0.1) is 0 Å². The summed E-state index contributed by atoms with van der Waals surface area (Å²) in [5.74, 6) is 0. The highest BCUT2D eigenvalue weighted by atomic mass is 32.1. The molecule has 0 aliphatic carbocycles. The highest BCUT2D eigenvalue weighted by Crippen LogP contribution is 2.17. The number of rotatable bonds is 3. The largest absolute Gasteiger partial charge is 0.333 e. The molecule has 0 aromatic heterocycles. The van der Waals surface area contributed by atoms with E-state index in [2.05, 4.69) is 0 Å². The van der Waals surface area contributed by atoms with Crippen molar-refractivity contribution >= 4 is 27.6 Å². The lowest BCUT2D eigenvalue weighted by Crippen LogP contribution is -2.27. The molecule has 2 aromatic carbocycles. The lowest BCUT2D eigenvalue weighted by atomic mass is 10.2. The predicted molar refractivity (Wildman–Crippen MR) is 80.2 cm³/mol. The Morgan fingerprint density at radius 2 is 1.70 bits per heavy atom. The summed E-state index contributed by atoms with van der Waals surface area (Å²) in [5, 5.41) is 10.6. The number of benzene rings is 2. The smallest absolute Gasteiger partial charge is 0.269 e. The number of anilines is 1. The fourth-order valence-electron chi connectivity index (χ4n) is 1.79. The molecule has 0 fully saturated rings. The molecule has 0 bridgehead atoms. The first kappa shape index (κ1) is 14.0. The Hall–Kier alpha value is -2.47. The molecule has 2 rings (SSSR count). The Kier molecular flexibility index (Phi) is 4.27. The third-order valence-electron chi connectivity index (χ3n) is 2.85. The van der Waals surface area contributed by atoms with Crippen molar-refractivity contribution in [1.82, 2.24) is 0 Å². The Morgan fingerprint density at radius 3 is 2.20 bits per heavy atom. The Morgan fingerprint density at radius 1 is 1.10 bits per heavy atom. The number of non-ortho nitro benzene ring substituents is 1. The number of nitrogens with zero attached hydrogens (tertiary/aromatic N) is 2. The fraction of sp³-hybridized carbons (Fsp3) is 0.0714. The first-order valence-electron chi connectivity index (χ1n) is 5.84. The second kappa shape index (κ2) is 6.12. The molecule has 0 unspecified atom stereocenters. The maximum absolute atomic E-state index is 11.4. The minimum absolute atomic E-state index is 0.00589. The molecule has 0 aliphatic rings. The van der Waals surface area contributed by atoms with Gasteiger partial charge in [0.05, 0.1) is 4.92 Å². The van der Waals surface area contributed by atoms with Crippen molar-refractivity contribution in [2.45, 2.75) is 0 Å². The summed E-state index contributed by atoms with van der Waals surface area (Å²) in [6.45, 7) is 0. The van der Waals surface area contributed by atoms with Gasteiger partial charge in [0.2, 0.25) is 0 Å². The van der Waals surface area contributed by atoms with Gasteiger partial charge in [0, 0.05) is 30.4 Å². The molecular formula is C14H12N2O3S. The van der Waals surface area contributed by atoms with Crippen molar-refractivity contribution < 1.29 is 9.13 Å². The summed E-state index contributed by atoms with van der Waals surface area (Å²) in [7, 11) is 1.79. The zero-order valence-corrected chi connectivity index (χ0v) is 11.5. The van der Waals surface area contributed by atoms with Crippen LogP contribution in [0.4, 0.5) is 11.4 Å². The molecule has 0 amide bonds. The normalized spacial score (nSPS) is 9.85. The van der Waals surface area contributed by atoms with Crippen LogP contribution in [-0.2, 0) is 11.3 Å². The number of para-hydroxylation sites is 1. The quantitative estimate of drug-likeness (QED) is 0.494. The van der Waals surface area contributed by atoms with Crippen molar-refractivity contribution in [3.8, 4) is 0 Å². The molecule has 0 saturated carbocycles. The molecule has 0 N–H and O–H groups in total. The molecule has 0 radical (unpaired) electrons. The lowest BCUT2D eigenvalue weighted by Gasteiger charge is -2.19. The molecule has 0 saturated heterocycles. The third kappa shape index (κ3) is 2.92. The van der Waals surface area contributed by atoms with Gasteiger partial charge in [-0.25, -0.2) is 4.21 Å². The second-order valence-electron chi connectivity index (χ2n) is 4.09. The van der Waals surface area contributed by atoms with E-state index in [4.69, 9.17) is 0 Å². The van der Waals surface area contributed by atoms with Crippen LogP contribution in [0.25, 0.3) is 0 Å². The third-order valence-corrected chi connectivity index (χ3v) is 3.52. The van der Waals surface area contributed by atoms with Crippen LogP contribution in [0.1, 0.15) is 5.56 Å². The van der Waals surface area contributed by atoms with E-state index in [1.54, 1.807) is 24.1 Å². The molecule has 5 nitrogen and oxygen atoms in total. The van der Waals surface area contributed by atoms with Gasteiger partial charge in [0.15, 0.2) is 0 Å². The standard InChI is InChI=1S/C14H12N2O3S/c1-15(12-5-3-2-4-6-12)14(20-19)11-7-9-13(10-8-11)16(17)18/h2-10H,1H3. The first-order valence-corrected chi connectivity index (χ1v) is 6.58. The van der Waals surface area contributed by atoms with Gasteiger partial charge in [-0.1, -0.05) is 18.2 Å². The van der Waals surface area contributed by atoms with Crippen LogP contribution >= 0.6 is 0 Å². The molecule has 0 spiro atoms. The predicted octanol–water partition coefficient (Wildman–Crippen LogP) is 2.42. The van der Waals surface area contributed by atoms with Gasteiger partial charge < -0.3 is 4.90 Å². The van der Waals surface area contributed by atoms with Crippen molar-refractivity contribution in [2.75, 3.05) is 11.9 Å². The van der Waals surface area contributed by atoms with Gasteiger partial charge in [0.25, 0.3) is 5.69 Å². The average Bonchev–Trinajstić information content (AvgIpc) is 2.49. The summed E-state index contributed by atoms with van der Waals surface area (Å²) >= 11 is 0.363. The van der Waals surface area contributed by atoms with Crippen molar-refractivity contribution in [1.29, 1.82) is 0 Å². The van der Waals surface area contributed by atoms with Crippen LogP contribution in [-0.4, -0.2) is 21.2 Å². The maximum Gasteiger partial charge on any atom is 0.269 e. The molecule has 0 atom stereocenters. The van der Waals surface area contributed by atoms with Crippen LogP contribution < -0.4 is 4.90 Å². The first-order chi connectivity index (χ1) is 9.63. The monoisotopic (exact) mass is 288 g/mol. The Balaban J connectivity index is 2.34. The minimum atomic E-state index is -0.464. The van der Waals surface area contributed by atoms with Gasteiger partial charge in [-0.3, -0.25) is 10.1 Å². The highest BCUT2D eigenvalue weighted by molar-refractivity contribution is 7.67. The molecule has 2 aromatic rings. The van der Waals surface area contributed by atoms with Gasteiger partial charge in [0.1, 0.15) is 16.2 Å². The molecule has 102 valence electrons. The number of nitro benzene ring substituents is 1. The van der Waals surface area contributed by atoms with Crippen molar-refractivity contribution in [3.05, 3.63) is 70.3 Å². The summed E-state index contributed by atoms with van der Waals surface area (Å²) in [6.07, 6.45) is 0. The molecule has 20 heavy (non-hydrogen) atoms. The topological polar surface area (TPSA) is 63.5 Å². The van der Waals surface area contributed by atoms with Crippen molar-refractivity contribution in [3.63, 3.8) is 0 Å². The fourth-order valence-corrected chi connectivity index (χ4v) is 2.24. The zero-order valence-electron chi connectivity index (χ0n) is 10.7. The van der Waals surface area contributed by atoms with Crippen LogP contribution in [0.3, 0.4) is 0 Å². The average molecular weight is 288 g/mol. The SMILES string of the molecule is CN(C(=S=O)c1ccc([N+](=O)[O-])cc1)c1ccccc1. The number of hydrogen-bond acceptors (Lipinski definition) is 3. The van der Waals surface area contributed by atoms with E-state index < -0.39 is 4.92 Å². The van der Waals surface area contributed by atoms with E-state index >= 15 is 0 Å². The zero-order chi connectivity index (χ0) is 14.5. The van der Waals surface area contributed by atoms with Crippen molar-refractivity contribution in [2.24, 2.45) is 0 Å². The van der Waals surface area contributed by atoms with Crippen LogP contribution in [0.2, 0.25) is 0 Å². The van der Waals surface area contributed by atoms with E-state index in [-0.39, 0.29) is 5.69 Å². The molecular weight excluding hydrogens is 276 g/mol. The van der Waals surface area contributed by atoms with E-state index in [1.807, 2.05) is 30.3 Å². The Labute approximate surface area is 119 Å². The Bertz CT molecular complexity index is 665. The minimum Gasteiger partial charge on any atom is -0.333 e. The van der Waals surface area contributed by atoms with E-state index in [0.29, 0.717) is 21.8 Å². The van der Waals surface area contributed by atoms with Crippen LogP contribution in [0.15, 0.2) is 54.6 Å². The van der Waals surface area contributed by atoms with Crippen LogP contribution in [0.5, 0.6) is 0 Å². The number of nitro groups is 1. The van der Waals surface area contributed by atoms with E-state index in [9.17, 15) is 14.3 Å². The highest BCUT2D eigenvalue weighted by Gasteiger charge is 2.12. The second-order valence-corrected chi connectivity index (χ2v) is 4.64. The summed E-state index contributed by atoms with van der Waals surface area (Å²) in [4.78, 5) is 12.4. The van der Waals surface area contributed by atoms with E-state index in [0.717, 1.165) is 5.69 Å². The van der Waals surface area contributed by atoms with Crippen LogP contribution in [0, 0.1) is 10.1 Å². The van der Waals surface area contributed by atoms with Gasteiger partial charge in [-0.2, -0.15) is 0 Å². The van der Waals surface area contributed by atoms with E-state index in [1.165, 1.54) is 12.1 Å². The molecule has 6 heteroatoms. The maximum atomic E-state index is 11.4. The summed E-state index contributed by atoms with van der Waals surface area (Å²) in [5.41, 5.74) is 1.54. The summed E-state index contributed by atoms with van der Waals surface area (Å²) < 4.78 is 11.4. The lowest BCUT2D eigenvalue weighted by molar-refractivity contribution is -0.384. The molecule has 0 heterocycles. The summed E-state index contributed by atoms with van der Waals surface area (Å²) in [6, 6.07) is 15.4. The molecule has 0 aliphatic heterocycles.